The Hall–Kier alpha value is -3.90. The second-order valence-electron chi connectivity index (χ2n) is 11.0. The van der Waals surface area contributed by atoms with Gasteiger partial charge in [-0.1, -0.05) is 47.0 Å². The van der Waals surface area contributed by atoms with Gasteiger partial charge in [0.1, 0.15) is 0 Å². The van der Waals surface area contributed by atoms with E-state index in [-0.39, 0.29) is 24.3 Å². The van der Waals surface area contributed by atoms with Crippen LogP contribution < -0.4 is 0 Å². The predicted octanol–water partition coefficient (Wildman–Crippen LogP) is 15.0. The Morgan fingerprint density at radius 2 is 0.414 bits per heavy atom. The second kappa shape index (κ2) is 17.8. The van der Waals surface area contributed by atoms with Crippen LogP contribution in [-0.4, -0.2) is 0 Å². The molecule has 0 nitrogen and oxygen atoms in total. The summed E-state index contributed by atoms with van der Waals surface area (Å²) in [5.74, 6) is -37.9. The van der Waals surface area contributed by atoms with Crippen LogP contribution in [0.25, 0.3) is 0 Å². The molecule has 0 amide bonds. The minimum Gasteiger partial charge on any atom is -0.230 e. The van der Waals surface area contributed by atoms with Gasteiger partial charge in [-0.05, 0) is 36.4 Å². The molecular formula is C34H10F20S4. The molecule has 4 atom stereocenters. The van der Waals surface area contributed by atoms with E-state index in [1.165, 1.54) is 0 Å². The van der Waals surface area contributed by atoms with Crippen LogP contribution in [0.5, 0.6) is 0 Å². The molecule has 5 rings (SSSR count). The molecule has 0 heterocycles. The van der Waals surface area contributed by atoms with Crippen LogP contribution in [0.4, 0.5) is 87.8 Å². The Labute approximate surface area is 327 Å². The molecule has 310 valence electrons. The SMILES string of the molecule is Fc1cc(C(F)Sc2cc(SC(F)c3cc(F)c(F)c(F)c3F)c(SC(F)c3cc(F)c(F)c(F)c3F)cc2SC(F)c2cc(F)c(F)c(F)c2F)c(F)c(F)c1F. The van der Waals surface area contributed by atoms with Crippen molar-refractivity contribution < 1.29 is 87.8 Å². The van der Waals surface area contributed by atoms with E-state index >= 15 is 17.6 Å². The smallest absolute Gasteiger partial charge is 0.197 e. The molecule has 0 spiro atoms. The minimum absolute atomic E-state index is 0.198. The van der Waals surface area contributed by atoms with Crippen LogP contribution in [0.15, 0.2) is 56.0 Å². The van der Waals surface area contributed by atoms with Crippen molar-refractivity contribution in [1.29, 1.82) is 0 Å². The Kier molecular flexibility index (Phi) is 13.8. The zero-order chi connectivity index (χ0) is 43.2. The van der Waals surface area contributed by atoms with Gasteiger partial charge in [0, 0.05) is 41.8 Å². The summed E-state index contributed by atoms with van der Waals surface area (Å²) in [6.45, 7) is 0. The summed E-state index contributed by atoms with van der Waals surface area (Å²) in [4.78, 5) is -3.82. The van der Waals surface area contributed by atoms with Crippen LogP contribution in [0.1, 0.15) is 44.3 Å². The molecular weight excluding hydrogens is 917 g/mol. The van der Waals surface area contributed by atoms with Gasteiger partial charge in [0.2, 0.25) is 0 Å². The normalized spacial score (nSPS) is 13.9. The van der Waals surface area contributed by atoms with Gasteiger partial charge in [-0.15, -0.1) is 0 Å². The maximum atomic E-state index is 15.7. The molecule has 24 heteroatoms. The fourth-order valence-corrected chi connectivity index (χ4v) is 8.87. The highest BCUT2D eigenvalue weighted by Crippen LogP contribution is 2.54. The summed E-state index contributed by atoms with van der Waals surface area (Å²) < 4.78 is 287. The molecule has 5 aromatic rings. The van der Waals surface area contributed by atoms with Gasteiger partial charge in [0.15, 0.2) is 115 Å². The first kappa shape index (κ1) is 45.2. The molecule has 58 heavy (non-hydrogen) atoms. The molecule has 0 saturated heterocycles. The Bertz CT molecular complexity index is 2100. The fraction of sp³-hybridized carbons (Fsp3) is 0.118. The molecule has 0 radical (unpaired) electrons. The topological polar surface area (TPSA) is 0 Å². The Balaban J connectivity index is 1.72. The highest BCUT2D eigenvalue weighted by Gasteiger charge is 2.33. The Morgan fingerprint density at radius 3 is 0.586 bits per heavy atom. The summed E-state index contributed by atoms with van der Waals surface area (Å²) in [6, 6.07) is -0.00262. The average Bonchev–Trinajstić information content (AvgIpc) is 3.18. The predicted molar refractivity (Wildman–Crippen MR) is 170 cm³/mol. The first-order valence-corrected chi connectivity index (χ1v) is 18.3. The minimum atomic E-state index is -3.12. The van der Waals surface area contributed by atoms with Crippen molar-refractivity contribution >= 4 is 47.0 Å². The summed E-state index contributed by atoms with van der Waals surface area (Å²) in [7, 11) is 0. The maximum Gasteiger partial charge on any atom is 0.197 e. The first-order chi connectivity index (χ1) is 27.0. The van der Waals surface area contributed by atoms with Crippen LogP contribution in [0.2, 0.25) is 0 Å². The first-order valence-electron chi connectivity index (χ1n) is 14.8. The van der Waals surface area contributed by atoms with Crippen molar-refractivity contribution in [1.82, 2.24) is 0 Å². The number of thioether (sulfide) groups is 4. The lowest BCUT2D eigenvalue weighted by Crippen LogP contribution is -2.04. The van der Waals surface area contributed by atoms with E-state index in [1.54, 1.807) is 0 Å². The summed E-state index contributed by atoms with van der Waals surface area (Å²) in [5.41, 5.74) is -18.9. The second-order valence-corrected chi connectivity index (χ2v) is 15.4. The van der Waals surface area contributed by atoms with E-state index in [9.17, 15) is 70.2 Å². The third kappa shape index (κ3) is 8.83. The van der Waals surface area contributed by atoms with Crippen LogP contribution in [-0.2, 0) is 0 Å². The molecule has 0 aliphatic heterocycles. The van der Waals surface area contributed by atoms with Gasteiger partial charge in [-0.2, -0.15) is 0 Å². The van der Waals surface area contributed by atoms with E-state index in [2.05, 4.69) is 0 Å². The number of hydrogen-bond donors (Lipinski definition) is 0. The quantitative estimate of drug-likeness (QED) is 0.0529. The van der Waals surface area contributed by atoms with E-state index in [0.717, 1.165) is 0 Å². The van der Waals surface area contributed by atoms with Crippen molar-refractivity contribution in [2.24, 2.45) is 0 Å². The summed E-state index contributed by atoms with van der Waals surface area (Å²) in [6.07, 6.45) is 0. The van der Waals surface area contributed by atoms with Crippen molar-refractivity contribution in [3.63, 3.8) is 0 Å². The van der Waals surface area contributed by atoms with E-state index in [1.807, 2.05) is 0 Å². The molecule has 0 bridgehead atoms. The van der Waals surface area contributed by atoms with Crippen LogP contribution >= 0.6 is 47.0 Å². The lowest BCUT2D eigenvalue weighted by atomic mass is 10.2. The zero-order valence-corrected chi connectivity index (χ0v) is 30.2. The number of hydrogen-bond acceptors (Lipinski definition) is 4. The number of halogens is 20. The van der Waals surface area contributed by atoms with Gasteiger partial charge in [-0.25, -0.2) is 87.8 Å². The van der Waals surface area contributed by atoms with Crippen molar-refractivity contribution in [3.05, 3.63) is 152 Å². The highest BCUT2D eigenvalue weighted by atomic mass is 32.2. The van der Waals surface area contributed by atoms with E-state index < -0.39 is 204 Å². The van der Waals surface area contributed by atoms with Gasteiger partial charge < -0.3 is 0 Å². The van der Waals surface area contributed by atoms with Crippen molar-refractivity contribution in [3.8, 4) is 0 Å². The maximum absolute atomic E-state index is 15.7. The number of benzene rings is 5. The molecule has 5 aromatic carbocycles. The monoisotopic (exact) mass is 926 g/mol. The highest BCUT2D eigenvalue weighted by molar-refractivity contribution is 8.03. The average molecular weight is 927 g/mol. The molecule has 0 saturated carbocycles. The molecule has 0 N–H and O–H groups in total. The van der Waals surface area contributed by atoms with Gasteiger partial charge in [-0.3, -0.25) is 0 Å². The number of rotatable bonds is 12. The third-order valence-corrected chi connectivity index (χ3v) is 11.9. The van der Waals surface area contributed by atoms with Gasteiger partial charge in [0.05, 0.1) is 0 Å². The molecule has 0 fully saturated rings. The Morgan fingerprint density at radius 1 is 0.241 bits per heavy atom. The van der Waals surface area contributed by atoms with Crippen molar-refractivity contribution in [2.75, 3.05) is 0 Å². The zero-order valence-electron chi connectivity index (χ0n) is 27.0. The molecule has 4 unspecified atom stereocenters. The fourth-order valence-electron chi connectivity index (χ4n) is 4.62. The summed E-state index contributed by atoms with van der Waals surface area (Å²) in [5, 5.41) is 0. The van der Waals surface area contributed by atoms with E-state index in [0.29, 0.717) is 12.1 Å². The van der Waals surface area contributed by atoms with Gasteiger partial charge >= 0.3 is 0 Å². The molecule has 0 aliphatic rings. The summed E-state index contributed by atoms with van der Waals surface area (Å²) >= 11 is -1.78. The van der Waals surface area contributed by atoms with Crippen LogP contribution in [0.3, 0.4) is 0 Å². The van der Waals surface area contributed by atoms with E-state index in [4.69, 9.17) is 0 Å². The lowest BCUT2D eigenvalue weighted by molar-refractivity contribution is 0.383. The number of alkyl halides is 4. The lowest BCUT2D eigenvalue weighted by Gasteiger charge is -2.21. The standard InChI is InChI=1S/C34H10F20S4/c35-11-1-7(19(39)27(47)23(11)43)31(51)55-15-5-17(57-33(53)9-3-13(37)25(45)29(49)21(9)41)18(58-34(54)10-4-14(38)26(46)30(50)22(10)42)6-16(15)56-32(52)8-2-12(36)24(44)28(48)20(8)40/h1-6,31-34H. The molecule has 0 aromatic heterocycles. The van der Waals surface area contributed by atoms with Crippen molar-refractivity contribution in [2.45, 2.75) is 41.6 Å². The van der Waals surface area contributed by atoms with Crippen LogP contribution in [0, 0.1) is 93.1 Å². The van der Waals surface area contributed by atoms with Gasteiger partial charge in [0.25, 0.3) is 0 Å². The molecule has 0 aliphatic carbocycles. The third-order valence-electron chi connectivity index (χ3n) is 7.43. The largest absolute Gasteiger partial charge is 0.230 e.